The first-order valence-corrected chi connectivity index (χ1v) is 10.5. The Morgan fingerprint density at radius 2 is 2.23 bits per heavy atom. The quantitative estimate of drug-likeness (QED) is 0.199. The second kappa shape index (κ2) is 11.7. The summed E-state index contributed by atoms with van der Waals surface area (Å²) in [6.07, 6.45) is 4.08. The van der Waals surface area contributed by atoms with Crippen LogP contribution < -0.4 is 15.5 Å². The molecule has 26 heavy (non-hydrogen) atoms. The molecule has 8 heteroatoms. The van der Waals surface area contributed by atoms with Crippen LogP contribution >= 0.6 is 47.1 Å². The van der Waals surface area contributed by atoms with Crippen LogP contribution in [0.25, 0.3) is 0 Å². The van der Waals surface area contributed by atoms with Crippen molar-refractivity contribution >= 4 is 58.7 Å². The molecule has 0 bridgehead atoms. The third-order valence-corrected chi connectivity index (χ3v) is 6.18. The van der Waals surface area contributed by atoms with Crippen molar-refractivity contribution in [3.05, 3.63) is 41.9 Å². The summed E-state index contributed by atoms with van der Waals surface area (Å²) < 4.78 is 1.15. The van der Waals surface area contributed by atoms with Gasteiger partial charge < -0.3 is 15.5 Å². The zero-order chi connectivity index (χ0) is 17.3. The average Bonchev–Trinajstić information content (AvgIpc) is 3.33. The second-order valence-corrected chi connectivity index (χ2v) is 8.15. The fourth-order valence-corrected chi connectivity index (χ4v) is 4.51. The number of anilines is 1. The molecule has 1 aliphatic heterocycles. The van der Waals surface area contributed by atoms with Crippen LogP contribution in [-0.4, -0.2) is 49.4 Å². The lowest BCUT2D eigenvalue weighted by Gasteiger charge is -2.20. The van der Waals surface area contributed by atoms with Crippen molar-refractivity contribution in [2.24, 2.45) is 4.99 Å². The Kier molecular flexibility index (Phi) is 9.55. The molecule has 0 aliphatic carbocycles. The maximum Gasteiger partial charge on any atom is 0.191 e. The molecule has 1 aromatic heterocycles. The monoisotopic (exact) mass is 503 g/mol. The number of thiazole rings is 1. The number of hydrogen-bond acceptors (Lipinski definition) is 5. The smallest absolute Gasteiger partial charge is 0.191 e. The number of aliphatic imine (C=N–C) groups is 1. The van der Waals surface area contributed by atoms with E-state index in [9.17, 15) is 0 Å². The van der Waals surface area contributed by atoms with Gasteiger partial charge in [-0.15, -0.1) is 35.3 Å². The van der Waals surface area contributed by atoms with Gasteiger partial charge in [-0.3, -0.25) is 4.99 Å². The Morgan fingerprint density at radius 1 is 1.38 bits per heavy atom. The highest BCUT2D eigenvalue weighted by Gasteiger charge is 2.23. The van der Waals surface area contributed by atoms with E-state index in [0.717, 1.165) is 48.5 Å². The Bertz CT molecular complexity index is 651. The van der Waals surface area contributed by atoms with Crippen LogP contribution in [0, 0.1) is 0 Å². The molecule has 142 valence electrons. The number of guanidine groups is 1. The van der Waals surface area contributed by atoms with Crippen LogP contribution in [0.1, 0.15) is 12.8 Å². The Morgan fingerprint density at radius 3 is 2.96 bits per heavy atom. The van der Waals surface area contributed by atoms with Crippen molar-refractivity contribution < 1.29 is 0 Å². The van der Waals surface area contributed by atoms with Crippen molar-refractivity contribution in [1.82, 2.24) is 15.6 Å². The molecule has 0 saturated carbocycles. The number of nitrogens with zero attached hydrogens (tertiary/aromatic N) is 3. The number of nitrogens with one attached hydrogen (secondary N) is 2. The van der Waals surface area contributed by atoms with Gasteiger partial charge in [0.05, 0.1) is 0 Å². The third-order valence-electron chi connectivity index (χ3n) is 4.12. The Balaban J connectivity index is 0.00000243. The molecule has 1 fully saturated rings. The van der Waals surface area contributed by atoms with Gasteiger partial charge in [-0.1, -0.05) is 30.0 Å². The minimum Gasteiger partial charge on any atom is -0.369 e. The van der Waals surface area contributed by atoms with Gasteiger partial charge in [0, 0.05) is 55.7 Å². The molecule has 1 unspecified atom stereocenters. The zero-order valence-electron chi connectivity index (χ0n) is 14.9. The minimum atomic E-state index is 0. The maximum absolute atomic E-state index is 4.36. The first kappa shape index (κ1) is 21.3. The molecule has 2 heterocycles. The normalized spacial score (nSPS) is 17.0. The molecule has 2 aromatic rings. The highest BCUT2D eigenvalue weighted by Crippen LogP contribution is 2.21. The molecule has 1 aliphatic rings. The summed E-state index contributed by atoms with van der Waals surface area (Å²) in [5, 5.41) is 8.99. The van der Waals surface area contributed by atoms with Gasteiger partial charge in [-0.25, -0.2) is 4.98 Å². The van der Waals surface area contributed by atoms with Gasteiger partial charge in [-0.05, 0) is 25.0 Å². The van der Waals surface area contributed by atoms with Crippen LogP contribution in [0.5, 0.6) is 0 Å². The number of hydrogen-bond donors (Lipinski definition) is 2. The van der Waals surface area contributed by atoms with E-state index in [-0.39, 0.29) is 24.0 Å². The van der Waals surface area contributed by atoms with Crippen molar-refractivity contribution in [2.75, 3.05) is 37.3 Å². The lowest BCUT2D eigenvalue weighted by atomic mass is 10.3. The molecule has 2 N–H and O–H groups in total. The van der Waals surface area contributed by atoms with Crippen LogP contribution in [-0.2, 0) is 0 Å². The van der Waals surface area contributed by atoms with Gasteiger partial charge in [0.25, 0.3) is 0 Å². The highest BCUT2D eigenvalue weighted by atomic mass is 127. The number of thioether (sulfide) groups is 1. The third kappa shape index (κ3) is 6.62. The summed E-state index contributed by atoms with van der Waals surface area (Å²) in [5.74, 6) is 1.97. The van der Waals surface area contributed by atoms with Gasteiger partial charge in [0.2, 0.25) is 0 Å². The van der Waals surface area contributed by atoms with Crippen LogP contribution in [0.15, 0.2) is 51.2 Å². The minimum absolute atomic E-state index is 0. The zero-order valence-corrected chi connectivity index (χ0v) is 18.9. The van der Waals surface area contributed by atoms with E-state index in [2.05, 4.69) is 55.8 Å². The molecule has 3 rings (SSSR count). The molecule has 1 atom stereocenters. The average molecular weight is 503 g/mol. The predicted molar refractivity (Wildman–Crippen MR) is 124 cm³/mol. The first-order chi connectivity index (χ1) is 12.3. The SMILES string of the molecule is CN=C(NCCCSc1nccs1)NC1CCN(c2ccccc2)C1.I. The summed E-state index contributed by atoms with van der Waals surface area (Å²) in [5.41, 5.74) is 1.30. The summed E-state index contributed by atoms with van der Waals surface area (Å²) >= 11 is 3.52. The van der Waals surface area contributed by atoms with Crippen molar-refractivity contribution in [3.63, 3.8) is 0 Å². The van der Waals surface area contributed by atoms with E-state index in [1.54, 1.807) is 11.3 Å². The van der Waals surface area contributed by atoms with Crippen LogP contribution in [0.4, 0.5) is 5.69 Å². The van der Waals surface area contributed by atoms with Gasteiger partial charge in [0.15, 0.2) is 5.96 Å². The van der Waals surface area contributed by atoms with E-state index in [4.69, 9.17) is 0 Å². The number of rotatable bonds is 7. The fraction of sp³-hybridized carbons (Fsp3) is 0.444. The molecule has 5 nitrogen and oxygen atoms in total. The number of aromatic nitrogens is 1. The summed E-state index contributed by atoms with van der Waals surface area (Å²) in [4.78, 5) is 11.1. The number of para-hydroxylation sites is 1. The highest BCUT2D eigenvalue weighted by molar-refractivity contribution is 14.0. The summed E-state index contributed by atoms with van der Waals surface area (Å²) in [6, 6.07) is 11.1. The van der Waals surface area contributed by atoms with Gasteiger partial charge in [0.1, 0.15) is 4.34 Å². The van der Waals surface area contributed by atoms with Crippen LogP contribution in [0.2, 0.25) is 0 Å². The number of benzene rings is 1. The van der Waals surface area contributed by atoms with Crippen molar-refractivity contribution in [3.8, 4) is 0 Å². The molecule has 1 saturated heterocycles. The molecule has 0 radical (unpaired) electrons. The predicted octanol–water partition coefficient (Wildman–Crippen LogP) is 3.69. The van der Waals surface area contributed by atoms with E-state index in [1.165, 1.54) is 5.69 Å². The lowest BCUT2D eigenvalue weighted by Crippen LogP contribution is -2.44. The largest absolute Gasteiger partial charge is 0.369 e. The van der Waals surface area contributed by atoms with Gasteiger partial charge >= 0.3 is 0 Å². The van der Waals surface area contributed by atoms with Crippen molar-refractivity contribution in [2.45, 2.75) is 23.2 Å². The molecule has 0 amide bonds. The van der Waals surface area contributed by atoms with E-state index >= 15 is 0 Å². The topological polar surface area (TPSA) is 52.6 Å². The molecule has 1 aromatic carbocycles. The second-order valence-electron chi connectivity index (χ2n) is 5.91. The lowest BCUT2D eigenvalue weighted by molar-refractivity contribution is 0.647. The molecular weight excluding hydrogens is 477 g/mol. The van der Waals surface area contributed by atoms with E-state index in [0.29, 0.717) is 6.04 Å². The Labute approximate surface area is 181 Å². The standard InChI is InChI=1S/C18H25N5S2.HI/c1-19-17(20-9-5-12-24-18-21-10-13-25-18)22-15-8-11-23(14-15)16-6-3-2-4-7-16;/h2-4,6-7,10,13,15H,5,8-9,11-12,14H2,1H3,(H2,19,20,22);1H. The summed E-state index contributed by atoms with van der Waals surface area (Å²) in [6.45, 7) is 3.03. The van der Waals surface area contributed by atoms with E-state index < -0.39 is 0 Å². The maximum atomic E-state index is 4.36. The van der Waals surface area contributed by atoms with Gasteiger partial charge in [-0.2, -0.15) is 0 Å². The van der Waals surface area contributed by atoms with E-state index in [1.807, 2.05) is 30.4 Å². The van der Waals surface area contributed by atoms with Crippen LogP contribution in [0.3, 0.4) is 0 Å². The number of halogens is 1. The molecule has 0 spiro atoms. The van der Waals surface area contributed by atoms with Crippen molar-refractivity contribution in [1.29, 1.82) is 0 Å². The summed E-state index contributed by atoms with van der Waals surface area (Å²) in [7, 11) is 1.84. The first-order valence-electron chi connectivity index (χ1n) is 8.64. The Hall–Kier alpha value is -1.000. The fourth-order valence-electron chi connectivity index (χ4n) is 2.86. The molecular formula is C18H26IN5S2.